The van der Waals surface area contributed by atoms with Gasteiger partial charge >= 0.3 is 0 Å². The van der Waals surface area contributed by atoms with E-state index in [2.05, 4.69) is 57.8 Å². The van der Waals surface area contributed by atoms with Gasteiger partial charge in [-0.15, -0.1) is 35.3 Å². The molecule has 1 aromatic heterocycles. The molecule has 0 saturated carbocycles. The van der Waals surface area contributed by atoms with Crippen molar-refractivity contribution in [2.75, 3.05) is 39.8 Å². The van der Waals surface area contributed by atoms with E-state index in [1.165, 1.54) is 21.6 Å². The van der Waals surface area contributed by atoms with E-state index in [9.17, 15) is 4.79 Å². The molecular weight excluding hydrogens is 523 g/mol. The number of benzene rings is 1. The number of thiophene rings is 1. The van der Waals surface area contributed by atoms with E-state index < -0.39 is 0 Å². The Morgan fingerprint density at radius 1 is 1.26 bits per heavy atom. The minimum absolute atomic E-state index is 0. The molecule has 1 atom stereocenters. The van der Waals surface area contributed by atoms with E-state index in [4.69, 9.17) is 4.74 Å². The summed E-state index contributed by atoms with van der Waals surface area (Å²) in [6.45, 7) is 6.49. The molecule has 2 aliphatic rings. The van der Waals surface area contributed by atoms with Crippen LogP contribution in [0.5, 0.6) is 0 Å². The van der Waals surface area contributed by atoms with Crippen LogP contribution in [0.4, 0.5) is 0 Å². The van der Waals surface area contributed by atoms with Gasteiger partial charge in [-0.2, -0.15) is 0 Å². The van der Waals surface area contributed by atoms with Gasteiger partial charge in [-0.3, -0.25) is 9.79 Å². The van der Waals surface area contributed by atoms with E-state index in [-0.39, 0.29) is 36.0 Å². The number of fused-ring (bicyclic) bond motifs is 1. The number of nitrogens with one attached hydrogen (secondary N) is 1. The van der Waals surface area contributed by atoms with Gasteiger partial charge in [0.05, 0.1) is 13.2 Å². The highest BCUT2D eigenvalue weighted by molar-refractivity contribution is 14.0. The number of hydrogen-bond donors (Lipinski definition) is 1. The van der Waals surface area contributed by atoms with Gasteiger partial charge in [0.2, 0.25) is 5.91 Å². The van der Waals surface area contributed by atoms with Gasteiger partial charge in [-0.25, -0.2) is 0 Å². The summed E-state index contributed by atoms with van der Waals surface area (Å²) in [6.07, 6.45) is 1.49. The summed E-state index contributed by atoms with van der Waals surface area (Å²) in [5.74, 6) is 1.04. The zero-order chi connectivity index (χ0) is 20.9. The highest BCUT2D eigenvalue weighted by Gasteiger charge is 2.25. The van der Waals surface area contributed by atoms with Crippen LogP contribution >= 0.6 is 35.3 Å². The van der Waals surface area contributed by atoms with Gasteiger partial charge in [0, 0.05) is 44.5 Å². The molecule has 31 heavy (non-hydrogen) atoms. The van der Waals surface area contributed by atoms with Crippen molar-refractivity contribution in [3.8, 4) is 0 Å². The number of halogens is 1. The van der Waals surface area contributed by atoms with Crippen LogP contribution in [0.3, 0.4) is 0 Å². The van der Waals surface area contributed by atoms with E-state index in [1.807, 2.05) is 4.90 Å². The lowest BCUT2D eigenvalue weighted by atomic mass is 10.0. The third-order valence-corrected chi connectivity index (χ3v) is 6.92. The minimum Gasteiger partial charge on any atom is -0.370 e. The van der Waals surface area contributed by atoms with Crippen molar-refractivity contribution in [3.63, 3.8) is 0 Å². The molecule has 0 bridgehead atoms. The molecule has 4 rings (SSSR count). The zero-order valence-corrected chi connectivity index (χ0v) is 21.3. The largest absolute Gasteiger partial charge is 0.370 e. The first-order valence-electron chi connectivity index (χ1n) is 10.6. The van der Waals surface area contributed by atoms with E-state index in [0.717, 1.165) is 38.6 Å². The molecule has 1 fully saturated rings. The van der Waals surface area contributed by atoms with Crippen molar-refractivity contribution in [1.29, 1.82) is 0 Å². The Morgan fingerprint density at radius 2 is 2.10 bits per heavy atom. The fraction of sp³-hybridized carbons (Fsp3) is 0.478. The normalized spacial score (nSPS) is 18.9. The van der Waals surface area contributed by atoms with Crippen molar-refractivity contribution in [2.45, 2.75) is 32.4 Å². The van der Waals surface area contributed by atoms with Crippen LogP contribution in [0.2, 0.25) is 0 Å². The van der Waals surface area contributed by atoms with Crippen molar-refractivity contribution in [3.05, 3.63) is 57.3 Å². The number of nitrogens with zero attached hydrogens (tertiary/aromatic N) is 3. The van der Waals surface area contributed by atoms with E-state index in [0.29, 0.717) is 19.6 Å². The molecular formula is C23H31IN4O2S. The van der Waals surface area contributed by atoms with E-state index in [1.54, 1.807) is 18.4 Å². The molecule has 1 unspecified atom stereocenters. The minimum atomic E-state index is 0. The topological polar surface area (TPSA) is 57.2 Å². The summed E-state index contributed by atoms with van der Waals surface area (Å²) in [5, 5.41) is 5.51. The van der Waals surface area contributed by atoms with Crippen LogP contribution in [0.1, 0.15) is 34.1 Å². The van der Waals surface area contributed by atoms with Crippen LogP contribution in [0.15, 0.2) is 40.7 Å². The van der Waals surface area contributed by atoms with Crippen LogP contribution in [0.25, 0.3) is 0 Å². The number of morpholine rings is 1. The predicted molar refractivity (Wildman–Crippen MR) is 136 cm³/mol. The molecule has 2 aromatic rings. The Bertz CT molecular complexity index is 916. The first kappa shape index (κ1) is 24.0. The molecule has 0 radical (unpaired) electrons. The second-order valence-electron chi connectivity index (χ2n) is 7.82. The number of guanidine groups is 1. The average molecular weight is 554 g/mol. The average Bonchev–Trinajstić information content (AvgIpc) is 3.25. The standard InChI is InChI=1S/C23H30N4O2S.HI/c1-17-5-3-4-6-19(17)20-16-27(12-13-29-20)23(24-2)25-10-7-22(28)26-11-8-21-18(15-26)9-14-30-21;/h3-6,9,14,20H,7-8,10-13,15-16H2,1-2H3,(H,24,25);1H. The van der Waals surface area contributed by atoms with Crippen LogP contribution in [-0.4, -0.2) is 61.5 Å². The first-order valence-corrected chi connectivity index (χ1v) is 11.5. The molecule has 0 aliphatic carbocycles. The van der Waals surface area contributed by atoms with Gasteiger partial charge < -0.3 is 19.9 Å². The summed E-state index contributed by atoms with van der Waals surface area (Å²) < 4.78 is 6.03. The Hall–Kier alpha value is -1.65. The second kappa shape index (κ2) is 11.3. The monoisotopic (exact) mass is 554 g/mol. The van der Waals surface area contributed by atoms with Crippen molar-refractivity contribution in [1.82, 2.24) is 15.1 Å². The highest BCUT2D eigenvalue weighted by atomic mass is 127. The lowest BCUT2D eigenvalue weighted by Gasteiger charge is -2.36. The summed E-state index contributed by atoms with van der Waals surface area (Å²) >= 11 is 1.80. The van der Waals surface area contributed by atoms with Crippen molar-refractivity contribution < 1.29 is 9.53 Å². The fourth-order valence-corrected chi connectivity index (χ4v) is 5.10. The Kier molecular flexibility index (Phi) is 8.74. The SMILES string of the molecule is CN=C(NCCC(=O)N1CCc2sccc2C1)N1CCOC(c2ccccc2C)C1.I. The lowest BCUT2D eigenvalue weighted by molar-refractivity contribution is -0.131. The molecule has 168 valence electrons. The molecule has 0 spiro atoms. The lowest BCUT2D eigenvalue weighted by Crippen LogP contribution is -2.49. The molecule has 2 aliphatic heterocycles. The van der Waals surface area contributed by atoms with Crippen LogP contribution in [0, 0.1) is 6.92 Å². The van der Waals surface area contributed by atoms with Gasteiger partial charge in [0.15, 0.2) is 5.96 Å². The second-order valence-corrected chi connectivity index (χ2v) is 8.82. The molecule has 1 N–H and O–H groups in total. The highest BCUT2D eigenvalue weighted by Crippen LogP contribution is 2.25. The van der Waals surface area contributed by atoms with E-state index >= 15 is 0 Å². The fourth-order valence-electron chi connectivity index (χ4n) is 4.21. The number of carbonyl (C=O) groups is 1. The maximum Gasteiger partial charge on any atom is 0.224 e. The molecule has 1 saturated heterocycles. The third-order valence-electron chi connectivity index (χ3n) is 5.90. The number of carbonyl (C=O) groups excluding carboxylic acids is 1. The number of amides is 1. The smallest absolute Gasteiger partial charge is 0.224 e. The van der Waals surface area contributed by atoms with Gasteiger partial charge in [0.25, 0.3) is 0 Å². The summed E-state index contributed by atoms with van der Waals surface area (Å²) in [5.41, 5.74) is 3.78. The van der Waals surface area contributed by atoms with Gasteiger partial charge in [-0.1, -0.05) is 24.3 Å². The van der Waals surface area contributed by atoms with Gasteiger partial charge in [0.1, 0.15) is 6.10 Å². The van der Waals surface area contributed by atoms with Gasteiger partial charge in [-0.05, 0) is 41.5 Å². The quantitative estimate of drug-likeness (QED) is 0.357. The molecule has 6 nitrogen and oxygen atoms in total. The predicted octanol–water partition coefficient (Wildman–Crippen LogP) is 3.60. The van der Waals surface area contributed by atoms with Crippen molar-refractivity contribution in [2.24, 2.45) is 4.99 Å². The summed E-state index contributed by atoms with van der Waals surface area (Å²) in [7, 11) is 1.80. The Balaban J connectivity index is 0.00000272. The van der Waals surface area contributed by atoms with Crippen LogP contribution in [-0.2, 0) is 22.5 Å². The maximum absolute atomic E-state index is 12.7. The number of ether oxygens (including phenoxy) is 1. The number of aryl methyl sites for hydroxylation is 1. The van der Waals surface area contributed by atoms with Crippen molar-refractivity contribution >= 4 is 47.2 Å². The third kappa shape index (κ3) is 5.78. The molecule has 8 heteroatoms. The molecule has 3 heterocycles. The molecule has 1 amide bonds. The first-order chi connectivity index (χ1) is 14.7. The Labute approximate surface area is 205 Å². The van der Waals surface area contributed by atoms with Crippen LogP contribution < -0.4 is 5.32 Å². The number of aliphatic imine (C=N–C) groups is 1. The molecule has 1 aromatic carbocycles. The number of hydrogen-bond acceptors (Lipinski definition) is 4. The zero-order valence-electron chi connectivity index (χ0n) is 18.2. The summed E-state index contributed by atoms with van der Waals surface area (Å²) in [4.78, 5) is 22.7. The summed E-state index contributed by atoms with van der Waals surface area (Å²) in [6, 6.07) is 10.5. The Morgan fingerprint density at radius 3 is 2.90 bits per heavy atom. The number of rotatable bonds is 4. The maximum atomic E-state index is 12.7.